The Hall–Kier alpha value is -0.900. The fourth-order valence-corrected chi connectivity index (χ4v) is 1.83. The van der Waals surface area contributed by atoms with Gasteiger partial charge in [-0.2, -0.15) is 0 Å². The fraction of sp³-hybridized carbons (Fsp3) is 0.556. The third-order valence-electron chi connectivity index (χ3n) is 2.19. The summed E-state index contributed by atoms with van der Waals surface area (Å²) in [5.41, 5.74) is 0.139. The molecule has 0 radical (unpaired) electrons. The molecule has 0 spiro atoms. The maximum absolute atomic E-state index is 10.6. The molecule has 0 saturated heterocycles. The molecule has 72 valence electrons. The average Bonchev–Trinajstić information content (AvgIpc) is 2.52. The van der Waals surface area contributed by atoms with Crippen molar-refractivity contribution >= 4 is 17.3 Å². The molecule has 0 amide bonds. The van der Waals surface area contributed by atoms with Gasteiger partial charge in [-0.05, 0) is 6.42 Å². The van der Waals surface area contributed by atoms with E-state index in [9.17, 15) is 4.79 Å². The zero-order chi connectivity index (χ0) is 10.1. The monoisotopic (exact) mass is 199 g/mol. The predicted molar refractivity (Wildman–Crippen MR) is 52.4 cm³/mol. The maximum atomic E-state index is 10.6. The first kappa shape index (κ1) is 10.2. The van der Waals surface area contributed by atoms with Gasteiger partial charge in [-0.15, -0.1) is 11.3 Å². The van der Waals surface area contributed by atoms with Gasteiger partial charge in [0, 0.05) is 10.8 Å². The third kappa shape index (κ3) is 2.06. The van der Waals surface area contributed by atoms with Crippen molar-refractivity contribution in [3.8, 4) is 0 Å². The highest BCUT2D eigenvalue weighted by atomic mass is 32.1. The highest BCUT2D eigenvalue weighted by Gasteiger charge is 2.23. The summed E-state index contributed by atoms with van der Waals surface area (Å²) >= 11 is 1.42. The van der Waals surface area contributed by atoms with E-state index in [1.807, 2.05) is 0 Å². The molecule has 0 aromatic carbocycles. The van der Waals surface area contributed by atoms with Crippen LogP contribution in [0.3, 0.4) is 0 Å². The molecular formula is C9H13NO2S. The Kier molecular flexibility index (Phi) is 2.71. The molecule has 13 heavy (non-hydrogen) atoms. The van der Waals surface area contributed by atoms with Gasteiger partial charge in [0.25, 0.3) is 0 Å². The Morgan fingerprint density at radius 3 is 2.69 bits per heavy atom. The van der Waals surface area contributed by atoms with Crippen molar-refractivity contribution in [3.05, 3.63) is 16.1 Å². The Bertz CT molecular complexity index is 317. The third-order valence-corrected chi connectivity index (χ3v) is 3.39. The molecule has 0 aliphatic carbocycles. The van der Waals surface area contributed by atoms with Crippen LogP contribution in [0.2, 0.25) is 0 Å². The van der Waals surface area contributed by atoms with Crippen molar-refractivity contribution in [2.75, 3.05) is 0 Å². The summed E-state index contributed by atoms with van der Waals surface area (Å²) < 4.78 is 0. The lowest BCUT2D eigenvalue weighted by Crippen LogP contribution is -2.15. The maximum Gasteiger partial charge on any atom is 0.355 e. The molecule has 1 aromatic heterocycles. The van der Waals surface area contributed by atoms with Gasteiger partial charge >= 0.3 is 5.97 Å². The van der Waals surface area contributed by atoms with Crippen molar-refractivity contribution in [2.24, 2.45) is 0 Å². The average molecular weight is 199 g/mol. The van der Waals surface area contributed by atoms with Gasteiger partial charge in [-0.25, -0.2) is 9.78 Å². The van der Waals surface area contributed by atoms with Crippen molar-refractivity contribution in [1.82, 2.24) is 4.98 Å². The van der Waals surface area contributed by atoms with Gasteiger partial charge in [0.1, 0.15) is 0 Å². The topological polar surface area (TPSA) is 50.2 Å². The molecule has 1 N–H and O–H groups in total. The first-order chi connectivity index (χ1) is 5.97. The number of nitrogens with zero attached hydrogens (tertiary/aromatic N) is 1. The van der Waals surface area contributed by atoms with E-state index in [4.69, 9.17) is 5.11 Å². The number of hydrogen-bond acceptors (Lipinski definition) is 3. The lowest BCUT2D eigenvalue weighted by molar-refractivity contribution is 0.0691. The number of aromatic nitrogens is 1. The molecule has 0 aliphatic heterocycles. The largest absolute Gasteiger partial charge is 0.476 e. The summed E-state index contributed by atoms with van der Waals surface area (Å²) in [5, 5.41) is 11.2. The van der Waals surface area contributed by atoms with Crippen LogP contribution in [0.15, 0.2) is 5.38 Å². The molecule has 1 rings (SSSR count). The van der Waals surface area contributed by atoms with Crippen molar-refractivity contribution in [3.63, 3.8) is 0 Å². The summed E-state index contributed by atoms with van der Waals surface area (Å²) in [6.45, 7) is 6.21. The Balaban J connectivity index is 2.98. The van der Waals surface area contributed by atoms with Gasteiger partial charge in [-0.1, -0.05) is 20.8 Å². The molecule has 0 aliphatic rings. The number of rotatable bonds is 3. The van der Waals surface area contributed by atoms with Crippen LogP contribution in [0.4, 0.5) is 0 Å². The van der Waals surface area contributed by atoms with E-state index < -0.39 is 5.97 Å². The molecule has 0 atom stereocenters. The zero-order valence-corrected chi connectivity index (χ0v) is 8.81. The lowest BCUT2D eigenvalue weighted by atomic mass is 9.91. The standard InChI is InChI=1S/C9H13NO2S/c1-4-9(2,3)8-10-6(5-13-8)7(11)12/h5H,4H2,1-3H3,(H,11,12). The normalized spacial score (nSPS) is 11.6. The number of carboxylic acid groups (broad SMARTS) is 1. The summed E-state index contributed by atoms with van der Waals surface area (Å²) in [5.74, 6) is -0.950. The second-order valence-corrected chi connectivity index (χ2v) is 4.44. The second-order valence-electron chi connectivity index (χ2n) is 3.58. The molecule has 0 saturated carbocycles. The SMILES string of the molecule is CCC(C)(C)c1nc(C(=O)O)cs1. The minimum Gasteiger partial charge on any atom is -0.476 e. The second kappa shape index (κ2) is 3.46. The molecule has 4 heteroatoms. The molecule has 0 unspecified atom stereocenters. The van der Waals surface area contributed by atoms with Crippen molar-refractivity contribution in [1.29, 1.82) is 0 Å². The van der Waals surface area contributed by atoms with E-state index in [-0.39, 0.29) is 11.1 Å². The highest BCUT2D eigenvalue weighted by Crippen LogP contribution is 2.29. The van der Waals surface area contributed by atoms with E-state index in [2.05, 4.69) is 25.8 Å². The predicted octanol–water partition coefficient (Wildman–Crippen LogP) is 2.53. The van der Waals surface area contributed by atoms with Crippen LogP contribution in [0.1, 0.15) is 42.7 Å². The number of carboxylic acids is 1. The van der Waals surface area contributed by atoms with E-state index in [0.717, 1.165) is 11.4 Å². The van der Waals surface area contributed by atoms with Crippen LogP contribution in [0.25, 0.3) is 0 Å². The van der Waals surface area contributed by atoms with E-state index in [1.165, 1.54) is 11.3 Å². The fourth-order valence-electron chi connectivity index (χ4n) is 0.834. The smallest absolute Gasteiger partial charge is 0.355 e. The number of thiazole rings is 1. The van der Waals surface area contributed by atoms with Gasteiger partial charge in [0.15, 0.2) is 5.69 Å². The number of carbonyl (C=O) groups is 1. The van der Waals surface area contributed by atoms with Crippen molar-refractivity contribution in [2.45, 2.75) is 32.6 Å². The van der Waals surface area contributed by atoms with Crippen LogP contribution in [-0.2, 0) is 5.41 Å². The summed E-state index contributed by atoms with van der Waals surface area (Å²) in [6, 6.07) is 0. The van der Waals surface area contributed by atoms with Crippen LogP contribution in [-0.4, -0.2) is 16.1 Å². The van der Waals surface area contributed by atoms with Gasteiger partial charge in [0.05, 0.1) is 5.01 Å². The minimum absolute atomic E-state index is 0.0155. The summed E-state index contributed by atoms with van der Waals surface area (Å²) in [4.78, 5) is 14.6. The Morgan fingerprint density at radius 1 is 1.69 bits per heavy atom. The Morgan fingerprint density at radius 2 is 2.31 bits per heavy atom. The molecule has 3 nitrogen and oxygen atoms in total. The first-order valence-corrected chi connectivity index (χ1v) is 5.04. The highest BCUT2D eigenvalue weighted by molar-refractivity contribution is 7.10. The molecule has 1 aromatic rings. The lowest BCUT2D eigenvalue weighted by Gasteiger charge is -2.18. The van der Waals surface area contributed by atoms with Crippen LogP contribution >= 0.6 is 11.3 Å². The summed E-state index contributed by atoms with van der Waals surface area (Å²) in [7, 11) is 0. The minimum atomic E-state index is -0.950. The van der Waals surface area contributed by atoms with E-state index in [1.54, 1.807) is 5.38 Å². The molecular weight excluding hydrogens is 186 g/mol. The van der Waals surface area contributed by atoms with Crippen LogP contribution < -0.4 is 0 Å². The molecule has 0 bridgehead atoms. The number of hydrogen-bond donors (Lipinski definition) is 1. The quantitative estimate of drug-likeness (QED) is 0.813. The van der Waals surface area contributed by atoms with Gasteiger partial charge < -0.3 is 5.11 Å². The van der Waals surface area contributed by atoms with E-state index in [0.29, 0.717) is 0 Å². The van der Waals surface area contributed by atoms with E-state index >= 15 is 0 Å². The Labute approximate surface area is 81.4 Å². The van der Waals surface area contributed by atoms with Gasteiger partial charge in [0.2, 0.25) is 0 Å². The molecule has 0 fully saturated rings. The number of aromatic carboxylic acids is 1. The first-order valence-electron chi connectivity index (χ1n) is 4.16. The van der Waals surface area contributed by atoms with Gasteiger partial charge in [-0.3, -0.25) is 0 Å². The van der Waals surface area contributed by atoms with Crippen LogP contribution in [0, 0.1) is 0 Å². The molecule has 1 heterocycles. The van der Waals surface area contributed by atoms with Crippen LogP contribution in [0.5, 0.6) is 0 Å². The summed E-state index contributed by atoms with van der Waals surface area (Å²) in [6.07, 6.45) is 0.958. The zero-order valence-electron chi connectivity index (χ0n) is 8.00. The van der Waals surface area contributed by atoms with Crippen molar-refractivity contribution < 1.29 is 9.90 Å².